The lowest BCUT2D eigenvalue weighted by Gasteiger charge is -2.36. The van der Waals surface area contributed by atoms with Gasteiger partial charge in [0.25, 0.3) is 0 Å². The summed E-state index contributed by atoms with van der Waals surface area (Å²) >= 11 is 6.02. The molecule has 126 valence electrons. The van der Waals surface area contributed by atoms with E-state index in [1.807, 2.05) is 16.7 Å². The number of fused-ring (bicyclic) bond motifs is 1. The third kappa shape index (κ3) is 2.89. The van der Waals surface area contributed by atoms with Gasteiger partial charge in [-0.25, -0.2) is 4.98 Å². The maximum absolute atomic E-state index is 11.8. The van der Waals surface area contributed by atoms with Gasteiger partial charge in [0.05, 0.1) is 16.8 Å². The van der Waals surface area contributed by atoms with Crippen molar-refractivity contribution >= 4 is 46.2 Å². The Balaban J connectivity index is 1.96. The summed E-state index contributed by atoms with van der Waals surface area (Å²) in [4.78, 5) is 31.8. The number of rotatable bonds is 3. The predicted octanol–water partition coefficient (Wildman–Crippen LogP) is 2.34. The molecule has 0 unspecified atom stereocenters. The van der Waals surface area contributed by atoms with Crippen LogP contribution in [0.3, 0.4) is 0 Å². The fourth-order valence-electron chi connectivity index (χ4n) is 3.02. The highest BCUT2D eigenvalue weighted by molar-refractivity contribution is 6.31. The summed E-state index contributed by atoms with van der Waals surface area (Å²) < 4.78 is 0. The number of benzene rings is 1. The number of amides is 1. The monoisotopic (exact) mass is 346 g/mol. The Morgan fingerprint density at radius 2 is 2.04 bits per heavy atom. The molecule has 0 radical (unpaired) electrons. The number of halogens is 1. The highest BCUT2D eigenvalue weighted by atomic mass is 35.5. The van der Waals surface area contributed by atoms with Crippen LogP contribution in [0.5, 0.6) is 0 Å². The molecule has 1 aromatic heterocycles. The van der Waals surface area contributed by atoms with E-state index in [1.165, 1.54) is 0 Å². The molecular formula is C17H19ClN4O2. The second-order valence-corrected chi connectivity index (χ2v) is 6.20. The first-order valence-corrected chi connectivity index (χ1v) is 8.29. The zero-order valence-electron chi connectivity index (χ0n) is 13.5. The minimum absolute atomic E-state index is 0.150. The summed E-state index contributed by atoms with van der Waals surface area (Å²) in [6.07, 6.45) is 1.25. The summed E-state index contributed by atoms with van der Waals surface area (Å²) in [6, 6.07) is 5.22. The van der Waals surface area contributed by atoms with Crippen molar-refractivity contribution in [1.29, 1.82) is 0 Å². The number of hydrogen-bond acceptors (Lipinski definition) is 5. The molecule has 1 aliphatic rings. The molecule has 24 heavy (non-hydrogen) atoms. The van der Waals surface area contributed by atoms with Gasteiger partial charge in [0.1, 0.15) is 0 Å². The third-order valence-electron chi connectivity index (χ3n) is 4.36. The molecule has 1 saturated heterocycles. The molecule has 0 spiro atoms. The lowest BCUT2D eigenvalue weighted by molar-refractivity contribution is -0.131. The van der Waals surface area contributed by atoms with Gasteiger partial charge in [-0.2, -0.15) is 0 Å². The lowest BCUT2D eigenvalue weighted by Crippen LogP contribution is -2.49. The van der Waals surface area contributed by atoms with Gasteiger partial charge in [-0.05, 0) is 18.2 Å². The maximum Gasteiger partial charge on any atom is 0.222 e. The number of aromatic nitrogens is 1. The maximum atomic E-state index is 11.8. The van der Waals surface area contributed by atoms with Gasteiger partial charge in [-0.15, -0.1) is 0 Å². The Hall–Kier alpha value is -2.34. The molecule has 1 aromatic carbocycles. The number of nitrogens with two attached hydrogens (primary N) is 1. The number of carbonyl (C=O) groups excluding carboxylic acids is 2. The van der Waals surface area contributed by atoms with Crippen molar-refractivity contribution in [1.82, 2.24) is 9.88 Å². The Labute approximate surface area is 145 Å². The number of pyridine rings is 1. The summed E-state index contributed by atoms with van der Waals surface area (Å²) in [5.74, 6) is 0.743. The smallest absolute Gasteiger partial charge is 0.222 e. The van der Waals surface area contributed by atoms with E-state index < -0.39 is 0 Å². The van der Waals surface area contributed by atoms with E-state index in [0.717, 1.165) is 6.29 Å². The number of anilines is 2. The molecule has 0 aliphatic carbocycles. The van der Waals surface area contributed by atoms with Crippen LogP contribution in [0.2, 0.25) is 5.02 Å². The highest BCUT2D eigenvalue weighted by Crippen LogP contribution is 2.32. The van der Waals surface area contributed by atoms with Crippen LogP contribution in [-0.4, -0.2) is 48.3 Å². The van der Waals surface area contributed by atoms with E-state index in [2.05, 4.69) is 4.98 Å². The van der Waals surface area contributed by atoms with Gasteiger partial charge in [-0.1, -0.05) is 18.5 Å². The topological polar surface area (TPSA) is 79.5 Å². The van der Waals surface area contributed by atoms with Gasteiger partial charge in [0.15, 0.2) is 12.1 Å². The average Bonchev–Trinajstić information content (AvgIpc) is 2.61. The van der Waals surface area contributed by atoms with E-state index in [-0.39, 0.29) is 5.91 Å². The van der Waals surface area contributed by atoms with Crippen molar-refractivity contribution in [2.24, 2.45) is 0 Å². The number of nitrogen functional groups attached to an aromatic ring is 1. The van der Waals surface area contributed by atoms with Crippen LogP contribution in [0.15, 0.2) is 18.2 Å². The molecule has 0 atom stereocenters. The first kappa shape index (κ1) is 16.5. The van der Waals surface area contributed by atoms with Gasteiger partial charge in [0, 0.05) is 43.0 Å². The van der Waals surface area contributed by atoms with Crippen LogP contribution < -0.4 is 10.6 Å². The van der Waals surface area contributed by atoms with Crippen LogP contribution in [0, 0.1) is 0 Å². The van der Waals surface area contributed by atoms with E-state index >= 15 is 0 Å². The second-order valence-electron chi connectivity index (χ2n) is 5.76. The molecule has 2 heterocycles. The van der Waals surface area contributed by atoms with Crippen LogP contribution in [0.4, 0.5) is 11.5 Å². The fourth-order valence-corrected chi connectivity index (χ4v) is 3.19. The van der Waals surface area contributed by atoms with Crippen LogP contribution in [-0.2, 0) is 4.79 Å². The molecule has 2 N–H and O–H groups in total. The zero-order chi connectivity index (χ0) is 17.3. The number of nitrogens with zero attached hydrogens (tertiary/aromatic N) is 3. The second kappa shape index (κ2) is 6.65. The summed E-state index contributed by atoms with van der Waals surface area (Å²) in [5.41, 5.74) is 7.64. The van der Waals surface area contributed by atoms with Gasteiger partial charge >= 0.3 is 0 Å². The number of piperazine rings is 1. The van der Waals surface area contributed by atoms with Crippen molar-refractivity contribution in [3.05, 3.63) is 28.8 Å². The summed E-state index contributed by atoms with van der Waals surface area (Å²) in [6.45, 7) is 4.39. The Morgan fingerprint density at radius 1 is 1.33 bits per heavy atom. The SMILES string of the molecule is CCC(=O)N1CCN(c2nc3ccc(Cl)cc3c(C=O)c2N)CC1. The van der Waals surface area contributed by atoms with Crippen molar-refractivity contribution in [3.8, 4) is 0 Å². The average molecular weight is 347 g/mol. The molecule has 0 saturated carbocycles. The first-order chi connectivity index (χ1) is 11.5. The van der Waals surface area contributed by atoms with Crippen LogP contribution in [0.1, 0.15) is 23.7 Å². The first-order valence-electron chi connectivity index (χ1n) is 7.91. The molecule has 1 amide bonds. The largest absolute Gasteiger partial charge is 0.395 e. The van der Waals surface area contributed by atoms with Gasteiger partial charge in [0.2, 0.25) is 5.91 Å². The Bertz CT molecular complexity index is 801. The highest BCUT2D eigenvalue weighted by Gasteiger charge is 2.24. The minimum Gasteiger partial charge on any atom is -0.395 e. The van der Waals surface area contributed by atoms with E-state index in [1.54, 1.807) is 18.2 Å². The third-order valence-corrected chi connectivity index (χ3v) is 4.59. The van der Waals surface area contributed by atoms with Crippen LogP contribution >= 0.6 is 11.6 Å². The van der Waals surface area contributed by atoms with Gasteiger partial charge in [-0.3, -0.25) is 9.59 Å². The van der Waals surface area contributed by atoms with Crippen molar-refractivity contribution in [2.75, 3.05) is 36.8 Å². The molecule has 7 heteroatoms. The molecule has 6 nitrogen and oxygen atoms in total. The van der Waals surface area contributed by atoms with Crippen molar-refractivity contribution < 1.29 is 9.59 Å². The Kier molecular flexibility index (Phi) is 4.57. The van der Waals surface area contributed by atoms with E-state index in [4.69, 9.17) is 17.3 Å². The molecular weight excluding hydrogens is 328 g/mol. The molecule has 1 aliphatic heterocycles. The Morgan fingerprint density at radius 3 is 2.67 bits per heavy atom. The zero-order valence-corrected chi connectivity index (χ0v) is 14.2. The predicted molar refractivity (Wildman–Crippen MR) is 95.6 cm³/mol. The van der Waals surface area contributed by atoms with Crippen molar-refractivity contribution in [2.45, 2.75) is 13.3 Å². The standard InChI is InChI=1S/C17H19ClN4O2/c1-2-15(24)21-5-7-22(8-6-21)17-16(19)13(10-23)12-9-11(18)3-4-14(12)20-17/h3-4,9-10H,2,5-8,19H2,1H3. The van der Waals surface area contributed by atoms with E-state index in [9.17, 15) is 9.59 Å². The quantitative estimate of drug-likeness (QED) is 0.863. The fraction of sp³-hybridized carbons (Fsp3) is 0.353. The molecule has 0 bridgehead atoms. The van der Waals surface area contributed by atoms with E-state index in [0.29, 0.717) is 65.6 Å². The number of hydrogen-bond donors (Lipinski definition) is 1. The summed E-state index contributed by atoms with van der Waals surface area (Å²) in [5, 5.41) is 1.18. The molecule has 1 fully saturated rings. The number of aldehydes is 1. The summed E-state index contributed by atoms with van der Waals surface area (Å²) in [7, 11) is 0. The lowest BCUT2D eigenvalue weighted by atomic mass is 10.1. The van der Waals surface area contributed by atoms with Crippen LogP contribution in [0.25, 0.3) is 10.9 Å². The molecule has 3 rings (SSSR count). The minimum atomic E-state index is 0.150. The van der Waals surface area contributed by atoms with Crippen molar-refractivity contribution in [3.63, 3.8) is 0 Å². The normalized spacial score (nSPS) is 14.9. The van der Waals surface area contributed by atoms with Gasteiger partial charge < -0.3 is 15.5 Å². The number of carbonyl (C=O) groups is 2. The molecule has 2 aromatic rings.